The average Bonchev–Trinajstić information content (AvgIpc) is 3.06. The minimum Gasteiger partial charge on any atom is -0.444 e. The van der Waals surface area contributed by atoms with Crippen molar-refractivity contribution in [1.82, 2.24) is 19.9 Å². The van der Waals surface area contributed by atoms with Gasteiger partial charge in [-0.25, -0.2) is 14.8 Å². The van der Waals surface area contributed by atoms with Crippen LogP contribution in [0.2, 0.25) is 0 Å². The molecule has 0 atom stereocenters. The molecule has 3 rings (SSSR count). The number of alkyl carbamates (subject to hydrolysis) is 1. The summed E-state index contributed by atoms with van der Waals surface area (Å²) in [6.07, 6.45) is 6.61. The van der Waals surface area contributed by atoms with Crippen molar-refractivity contribution in [2.45, 2.75) is 65.4 Å². The number of ether oxygens (including phenoxy) is 1. The summed E-state index contributed by atoms with van der Waals surface area (Å²) >= 11 is 0. The summed E-state index contributed by atoms with van der Waals surface area (Å²) in [6, 6.07) is 12.3. The Kier molecular flexibility index (Phi) is 7.08. The molecular formula is C24H32N4O2. The maximum atomic E-state index is 11.8. The molecule has 1 N–H and O–H groups in total. The number of imidazole rings is 1. The summed E-state index contributed by atoms with van der Waals surface area (Å²) in [6.45, 7) is 8.32. The Morgan fingerprint density at radius 3 is 2.57 bits per heavy atom. The number of aromatic nitrogens is 3. The highest BCUT2D eigenvalue weighted by Crippen LogP contribution is 2.22. The zero-order valence-electron chi connectivity index (χ0n) is 18.4. The number of aryl methyl sites for hydroxylation is 1. The number of hydrogen-bond donors (Lipinski definition) is 1. The number of pyridine rings is 1. The van der Waals surface area contributed by atoms with Crippen LogP contribution in [0.15, 0.2) is 42.6 Å². The highest BCUT2D eigenvalue weighted by Gasteiger charge is 2.16. The maximum absolute atomic E-state index is 11.8. The van der Waals surface area contributed by atoms with Gasteiger partial charge in [0, 0.05) is 24.8 Å². The number of amides is 1. The number of carbonyl (C=O) groups is 1. The lowest BCUT2D eigenvalue weighted by Gasteiger charge is -2.19. The molecule has 2 aromatic heterocycles. The van der Waals surface area contributed by atoms with E-state index in [2.05, 4.69) is 46.1 Å². The monoisotopic (exact) mass is 408 g/mol. The molecule has 0 aliphatic rings. The van der Waals surface area contributed by atoms with Gasteiger partial charge in [-0.2, -0.15) is 0 Å². The second-order valence-corrected chi connectivity index (χ2v) is 8.51. The first-order valence-electron chi connectivity index (χ1n) is 10.8. The number of hydrogen-bond acceptors (Lipinski definition) is 4. The van der Waals surface area contributed by atoms with Crippen LogP contribution < -0.4 is 5.32 Å². The van der Waals surface area contributed by atoms with E-state index >= 15 is 0 Å². The number of unbranched alkanes of at least 4 members (excludes halogenated alkanes) is 2. The Balaban J connectivity index is 1.70. The molecule has 0 unspecified atom stereocenters. The van der Waals surface area contributed by atoms with Crippen LogP contribution in [-0.4, -0.2) is 32.8 Å². The molecule has 2 heterocycles. The van der Waals surface area contributed by atoms with E-state index < -0.39 is 5.60 Å². The summed E-state index contributed by atoms with van der Waals surface area (Å²) in [4.78, 5) is 21.2. The van der Waals surface area contributed by atoms with Gasteiger partial charge in [0.15, 0.2) is 5.65 Å². The third kappa shape index (κ3) is 5.81. The van der Waals surface area contributed by atoms with E-state index in [0.29, 0.717) is 6.54 Å². The van der Waals surface area contributed by atoms with Crippen molar-refractivity contribution in [2.75, 3.05) is 6.54 Å². The third-order valence-corrected chi connectivity index (χ3v) is 4.77. The predicted molar refractivity (Wildman–Crippen MR) is 120 cm³/mol. The van der Waals surface area contributed by atoms with Gasteiger partial charge in [-0.1, -0.05) is 31.9 Å². The Bertz CT molecular complexity index is 971. The lowest BCUT2D eigenvalue weighted by atomic mass is 10.1. The number of rotatable bonds is 8. The highest BCUT2D eigenvalue weighted by molar-refractivity contribution is 5.73. The molecule has 6 nitrogen and oxygen atoms in total. The Morgan fingerprint density at radius 2 is 1.87 bits per heavy atom. The van der Waals surface area contributed by atoms with Crippen LogP contribution in [0.5, 0.6) is 0 Å². The van der Waals surface area contributed by atoms with Crippen molar-refractivity contribution < 1.29 is 9.53 Å². The van der Waals surface area contributed by atoms with Crippen LogP contribution in [0, 0.1) is 0 Å². The van der Waals surface area contributed by atoms with Crippen molar-refractivity contribution in [3.8, 4) is 5.69 Å². The molecule has 6 heteroatoms. The number of carbonyl (C=O) groups excluding carboxylic acids is 1. The van der Waals surface area contributed by atoms with Gasteiger partial charge < -0.3 is 10.1 Å². The molecule has 160 valence electrons. The zero-order valence-corrected chi connectivity index (χ0v) is 18.4. The van der Waals surface area contributed by atoms with E-state index in [0.717, 1.165) is 47.5 Å². The fourth-order valence-corrected chi connectivity index (χ4v) is 3.37. The molecule has 0 radical (unpaired) electrons. The lowest BCUT2D eigenvalue weighted by molar-refractivity contribution is 0.0528. The Morgan fingerprint density at radius 1 is 1.10 bits per heavy atom. The van der Waals surface area contributed by atoms with Crippen molar-refractivity contribution in [3.63, 3.8) is 0 Å². The second kappa shape index (κ2) is 9.74. The third-order valence-electron chi connectivity index (χ3n) is 4.77. The molecule has 3 aromatic rings. The molecule has 0 saturated carbocycles. The number of nitrogens with zero attached hydrogens (tertiary/aromatic N) is 3. The van der Waals surface area contributed by atoms with Gasteiger partial charge in [-0.15, -0.1) is 0 Å². The first kappa shape index (κ1) is 21.8. The molecule has 1 aromatic carbocycles. The van der Waals surface area contributed by atoms with Gasteiger partial charge in [-0.05, 0) is 63.4 Å². The standard InChI is InChI=1S/C24H32N4O2/c1-5-6-7-10-21-27-20-9-8-16-25-22(20)28(21)19-13-11-18(12-14-19)15-17-26-23(29)30-24(2,3)4/h8-9,11-14,16H,5-7,10,15,17H2,1-4H3,(H,26,29). The van der Waals surface area contributed by atoms with Crippen LogP contribution >= 0.6 is 0 Å². The molecule has 0 bridgehead atoms. The van der Waals surface area contributed by atoms with E-state index in [9.17, 15) is 4.79 Å². The molecule has 0 fully saturated rings. The molecule has 30 heavy (non-hydrogen) atoms. The minimum atomic E-state index is -0.484. The molecular weight excluding hydrogens is 376 g/mol. The lowest BCUT2D eigenvalue weighted by Crippen LogP contribution is -2.33. The smallest absolute Gasteiger partial charge is 0.407 e. The minimum absolute atomic E-state index is 0.383. The molecule has 1 amide bonds. The maximum Gasteiger partial charge on any atom is 0.407 e. The highest BCUT2D eigenvalue weighted by atomic mass is 16.6. The van der Waals surface area contributed by atoms with E-state index in [1.807, 2.05) is 39.1 Å². The quantitative estimate of drug-likeness (QED) is 0.519. The SMILES string of the molecule is CCCCCc1nc2cccnc2n1-c1ccc(CCNC(=O)OC(C)(C)C)cc1. The van der Waals surface area contributed by atoms with Crippen molar-refractivity contribution in [1.29, 1.82) is 0 Å². The summed E-state index contributed by atoms with van der Waals surface area (Å²) in [7, 11) is 0. The van der Waals surface area contributed by atoms with Gasteiger partial charge in [0.2, 0.25) is 0 Å². The normalized spacial score (nSPS) is 11.6. The fourth-order valence-electron chi connectivity index (χ4n) is 3.37. The number of nitrogens with one attached hydrogen (secondary N) is 1. The summed E-state index contributed by atoms with van der Waals surface area (Å²) in [5, 5.41) is 2.81. The van der Waals surface area contributed by atoms with E-state index in [1.165, 1.54) is 12.8 Å². The van der Waals surface area contributed by atoms with Crippen LogP contribution in [-0.2, 0) is 17.6 Å². The average molecular weight is 409 g/mol. The van der Waals surface area contributed by atoms with Crippen molar-refractivity contribution in [2.24, 2.45) is 0 Å². The first-order valence-corrected chi connectivity index (χ1v) is 10.8. The van der Waals surface area contributed by atoms with E-state index in [1.54, 1.807) is 0 Å². The topological polar surface area (TPSA) is 69.0 Å². The van der Waals surface area contributed by atoms with Gasteiger partial charge in [0.05, 0.1) is 0 Å². The molecule has 0 aliphatic carbocycles. The van der Waals surface area contributed by atoms with Crippen molar-refractivity contribution >= 4 is 17.3 Å². The van der Waals surface area contributed by atoms with Crippen LogP contribution in [0.1, 0.15) is 58.3 Å². The molecule has 0 saturated heterocycles. The predicted octanol–water partition coefficient (Wildman–Crippen LogP) is 5.22. The van der Waals surface area contributed by atoms with E-state index in [4.69, 9.17) is 9.72 Å². The first-order chi connectivity index (χ1) is 14.4. The van der Waals surface area contributed by atoms with Crippen LogP contribution in [0.3, 0.4) is 0 Å². The fraction of sp³-hybridized carbons (Fsp3) is 0.458. The van der Waals surface area contributed by atoms with Crippen molar-refractivity contribution in [3.05, 3.63) is 54.0 Å². The van der Waals surface area contributed by atoms with E-state index in [-0.39, 0.29) is 6.09 Å². The second-order valence-electron chi connectivity index (χ2n) is 8.51. The largest absolute Gasteiger partial charge is 0.444 e. The zero-order chi connectivity index (χ0) is 21.6. The van der Waals surface area contributed by atoms with Gasteiger partial charge >= 0.3 is 6.09 Å². The summed E-state index contributed by atoms with van der Waals surface area (Å²) in [5.41, 5.74) is 3.55. The van der Waals surface area contributed by atoms with Gasteiger partial charge in [0.25, 0.3) is 0 Å². The summed E-state index contributed by atoms with van der Waals surface area (Å²) < 4.78 is 7.43. The summed E-state index contributed by atoms with van der Waals surface area (Å²) in [5.74, 6) is 1.05. The Hall–Kier alpha value is -2.89. The van der Waals surface area contributed by atoms with Gasteiger partial charge in [0.1, 0.15) is 16.9 Å². The molecule has 0 aliphatic heterocycles. The molecule has 0 spiro atoms. The van der Waals surface area contributed by atoms with Crippen LogP contribution in [0.25, 0.3) is 16.9 Å². The van der Waals surface area contributed by atoms with Crippen LogP contribution in [0.4, 0.5) is 4.79 Å². The number of benzene rings is 1. The Labute approximate surface area is 178 Å². The van der Waals surface area contributed by atoms with Gasteiger partial charge in [-0.3, -0.25) is 4.57 Å². The number of fused-ring (bicyclic) bond motifs is 1.